The first-order chi connectivity index (χ1) is 13.7. The lowest BCUT2D eigenvalue weighted by molar-refractivity contribution is 0.344. The summed E-state index contributed by atoms with van der Waals surface area (Å²) >= 11 is 0. The van der Waals surface area contributed by atoms with E-state index in [2.05, 4.69) is 59.2 Å². The number of nitrogens with zero attached hydrogens (tertiary/aromatic N) is 3. The van der Waals surface area contributed by atoms with Crippen LogP contribution in [-0.4, -0.2) is 36.1 Å². The van der Waals surface area contributed by atoms with Crippen LogP contribution in [0.25, 0.3) is 0 Å². The van der Waals surface area contributed by atoms with Gasteiger partial charge in [-0.25, -0.2) is 15.4 Å². The number of aromatic nitrogens is 2. The van der Waals surface area contributed by atoms with E-state index in [1.807, 2.05) is 0 Å². The summed E-state index contributed by atoms with van der Waals surface area (Å²) in [6, 6.07) is 13.6. The smallest absolute Gasteiger partial charge is 0.134 e. The van der Waals surface area contributed by atoms with Gasteiger partial charge in [-0.2, -0.15) is 0 Å². The first-order valence-electron chi connectivity index (χ1n) is 10.6. The normalized spacial score (nSPS) is 29.5. The average Bonchev–Trinajstić information content (AvgIpc) is 3.45. The first-order valence-corrected chi connectivity index (χ1v) is 10.6. The van der Waals surface area contributed by atoms with Gasteiger partial charge in [0.2, 0.25) is 0 Å². The number of hydrogen-bond donors (Lipinski definition) is 3. The third-order valence-electron chi connectivity index (χ3n) is 6.44. The van der Waals surface area contributed by atoms with Gasteiger partial charge in [0.1, 0.15) is 11.6 Å². The van der Waals surface area contributed by atoms with Crippen LogP contribution in [-0.2, 0) is 0 Å². The molecule has 2 unspecified atom stereocenters. The Labute approximate surface area is 166 Å². The zero-order valence-electron chi connectivity index (χ0n) is 16.5. The summed E-state index contributed by atoms with van der Waals surface area (Å²) in [6.45, 7) is 1.90. The van der Waals surface area contributed by atoms with Gasteiger partial charge in [0.25, 0.3) is 0 Å². The van der Waals surface area contributed by atoms with Gasteiger partial charge >= 0.3 is 0 Å². The van der Waals surface area contributed by atoms with Crippen LogP contribution in [0.4, 0.5) is 5.82 Å². The SMILES string of the molecule is CN(CC1CNNC1c1ccccc1)c1cc(C2CC(N)C2)nc(C2CC2)n1. The standard InChI is InChI=1S/C22H30N6/c1-28(13-17-12-24-27-21(17)14-5-3-2-4-6-14)20-11-19(16-9-18(23)10-16)25-22(26-20)15-7-8-15/h2-6,11,15-18,21,24,27H,7-10,12-13,23H2,1H3. The Balaban J connectivity index is 1.35. The lowest BCUT2D eigenvalue weighted by Gasteiger charge is -2.33. The molecule has 2 aliphatic carbocycles. The minimum absolute atomic E-state index is 0.317. The maximum Gasteiger partial charge on any atom is 0.134 e. The van der Waals surface area contributed by atoms with Crippen molar-refractivity contribution in [2.45, 2.75) is 49.6 Å². The fourth-order valence-corrected chi connectivity index (χ4v) is 4.47. The second-order valence-corrected chi connectivity index (χ2v) is 8.77. The summed E-state index contributed by atoms with van der Waals surface area (Å²) < 4.78 is 0. The number of anilines is 1. The molecule has 6 heteroatoms. The predicted molar refractivity (Wildman–Crippen MR) is 111 cm³/mol. The monoisotopic (exact) mass is 378 g/mol. The molecule has 0 radical (unpaired) electrons. The molecule has 0 amide bonds. The summed E-state index contributed by atoms with van der Waals surface area (Å²) in [6.07, 6.45) is 4.56. The van der Waals surface area contributed by atoms with Gasteiger partial charge in [-0.3, -0.25) is 5.43 Å². The van der Waals surface area contributed by atoms with Gasteiger partial charge in [0.05, 0.1) is 6.04 Å². The molecular weight excluding hydrogens is 348 g/mol. The molecule has 3 fully saturated rings. The van der Waals surface area contributed by atoms with Gasteiger partial charge in [0, 0.05) is 55.7 Å². The van der Waals surface area contributed by atoms with Gasteiger partial charge in [-0.05, 0) is 31.2 Å². The Morgan fingerprint density at radius 2 is 1.89 bits per heavy atom. The molecule has 1 aromatic carbocycles. The number of nitrogens with one attached hydrogen (secondary N) is 2. The topological polar surface area (TPSA) is 79.1 Å². The molecule has 1 aromatic heterocycles. The molecule has 1 aliphatic heterocycles. The molecule has 5 rings (SSSR count). The fourth-order valence-electron chi connectivity index (χ4n) is 4.47. The molecule has 0 spiro atoms. The highest BCUT2D eigenvalue weighted by Gasteiger charge is 2.34. The highest BCUT2D eigenvalue weighted by atomic mass is 15.4. The molecule has 2 saturated carbocycles. The number of rotatable bonds is 6. The van der Waals surface area contributed by atoms with Crippen molar-refractivity contribution in [2.75, 3.05) is 25.0 Å². The van der Waals surface area contributed by atoms with Crippen molar-refractivity contribution in [3.05, 3.63) is 53.5 Å². The van der Waals surface area contributed by atoms with Crippen LogP contribution >= 0.6 is 0 Å². The van der Waals surface area contributed by atoms with Crippen molar-refractivity contribution in [1.29, 1.82) is 0 Å². The summed E-state index contributed by atoms with van der Waals surface area (Å²) in [7, 11) is 2.16. The molecule has 2 aromatic rings. The van der Waals surface area contributed by atoms with E-state index in [9.17, 15) is 0 Å². The highest BCUT2D eigenvalue weighted by molar-refractivity contribution is 5.41. The number of benzene rings is 1. The minimum atomic E-state index is 0.317. The van der Waals surface area contributed by atoms with Crippen molar-refractivity contribution >= 4 is 5.82 Å². The highest BCUT2D eigenvalue weighted by Crippen LogP contribution is 2.41. The van der Waals surface area contributed by atoms with Gasteiger partial charge in [-0.1, -0.05) is 30.3 Å². The zero-order chi connectivity index (χ0) is 19.1. The summed E-state index contributed by atoms with van der Waals surface area (Å²) in [4.78, 5) is 12.2. The lowest BCUT2D eigenvalue weighted by Crippen LogP contribution is -2.35. The van der Waals surface area contributed by atoms with Crippen LogP contribution in [0.5, 0.6) is 0 Å². The molecule has 4 N–H and O–H groups in total. The zero-order valence-corrected chi connectivity index (χ0v) is 16.5. The van der Waals surface area contributed by atoms with Gasteiger partial charge < -0.3 is 10.6 Å². The second kappa shape index (κ2) is 7.43. The molecule has 1 saturated heterocycles. The van der Waals surface area contributed by atoms with Crippen molar-refractivity contribution in [3.63, 3.8) is 0 Å². The molecule has 148 valence electrons. The van der Waals surface area contributed by atoms with Crippen molar-refractivity contribution in [1.82, 2.24) is 20.8 Å². The Morgan fingerprint density at radius 1 is 1.11 bits per heavy atom. The number of hydrogen-bond acceptors (Lipinski definition) is 6. The van der Waals surface area contributed by atoms with Crippen LogP contribution < -0.4 is 21.5 Å². The van der Waals surface area contributed by atoms with E-state index in [4.69, 9.17) is 15.7 Å². The van der Waals surface area contributed by atoms with E-state index in [0.717, 1.165) is 37.6 Å². The van der Waals surface area contributed by atoms with Crippen LogP contribution in [0.3, 0.4) is 0 Å². The van der Waals surface area contributed by atoms with E-state index in [0.29, 0.717) is 29.8 Å². The summed E-state index contributed by atoms with van der Waals surface area (Å²) in [5, 5.41) is 0. The third kappa shape index (κ3) is 3.64. The number of hydrazine groups is 1. The molecule has 2 heterocycles. The Hall–Kier alpha value is -2.02. The van der Waals surface area contributed by atoms with Crippen molar-refractivity contribution in [3.8, 4) is 0 Å². The maximum absolute atomic E-state index is 6.03. The minimum Gasteiger partial charge on any atom is -0.359 e. The Morgan fingerprint density at radius 3 is 2.61 bits per heavy atom. The molecule has 2 atom stereocenters. The largest absolute Gasteiger partial charge is 0.359 e. The summed E-state index contributed by atoms with van der Waals surface area (Å²) in [5.74, 6) is 3.66. The quantitative estimate of drug-likeness (QED) is 0.717. The molecule has 3 aliphatic rings. The van der Waals surface area contributed by atoms with Gasteiger partial charge in [0.15, 0.2) is 0 Å². The first kappa shape index (κ1) is 18.0. The van der Waals surface area contributed by atoms with Crippen LogP contribution in [0.15, 0.2) is 36.4 Å². The molecular formula is C22H30N6. The lowest BCUT2D eigenvalue weighted by atomic mass is 9.78. The van der Waals surface area contributed by atoms with Gasteiger partial charge in [-0.15, -0.1) is 0 Å². The average molecular weight is 379 g/mol. The summed E-state index contributed by atoms with van der Waals surface area (Å²) in [5.41, 5.74) is 15.3. The Kier molecular flexibility index (Phi) is 4.78. The van der Waals surface area contributed by atoms with Crippen LogP contribution in [0.2, 0.25) is 0 Å². The van der Waals surface area contributed by atoms with E-state index >= 15 is 0 Å². The molecule has 6 nitrogen and oxygen atoms in total. The molecule has 0 bridgehead atoms. The van der Waals surface area contributed by atoms with Crippen LogP contribution in [0, 0.1) is 5.92 Å². The fraction of sp³-hybridized carbons (Fsp3) is 0.545. The van der Waals surface area contributed by atoms with E-state index in [-0.39, 0.29) is 0 Å². The van der Waals surface area contributed by atoms with E-state index in [1.54, 1.807) is 0 Å². The maximum atomic E-state index is 6.03. The van der Waals surface area contributed by atoms with Crippen molar-refractivity contribution < 1.29 is 0 Å². The Bertz CT molecular complexity index is 815. The van der Waals surface area contributed by atoms with Crippen LogP contribution in [0.1, 0.15) is 60.6 Å². The van der Waals surface area contributed by atoms with Crippen molar-refractivity contribution in [2.24, 2.45) is 11.7 Å². The second-order valence-electron chi connectivity index (χ2n) is 8.77. The number of nitrogens with two attached hydrogens (primary N) is 1. The van der Waals surface area contributed by atoms with E-state index < -0.39 is 0 Å². The predicted octanol–water partition coefficient (Wildman–Crippen LogP) is 2.46. The molecule has 28 heavy (non-hydrogen) atoms. The van der Waals surface area contributed by atoms with E-state index in [1.165, 1.54) is 24.1 Å². The third-order valence-corrected chi connectivity index (χ3v) is 6.44.